The van der Waals surface area contributed by atoms with Gasteiger partial charge in [0.25, 0.3) is 0 Å². The van der Waals surface area contributed by atoms with E-state index < -0.39 is 0 Å². The summed E-state index contributed by atoms with van der Waals surface area (Å²) in [6.07, 6.45) is 0. The van der Waals surface area contributed by atoms with Gasteiger partial charge in [-0.3, -0.25) is 4.90 Å². The van der Waals surface area contributed by atoms with Gasteiger partial charge in [0.1, 0.15) is 0 Å². The molecule has 3 aromatic rings. The zero-order valence-corrected chi connectivity index (χ0v) is 12.2. The molecule has 0 aromatic heterocycles. The van der Waals surface area contributed by atoms with Crippen LogP contribution in [0.1, 0.15) is 5.56 Å². The van der Waals surface area contributed by atoms with Gasteiger partial charge in [0.15, 0.2) is 0 Å². The number of piperazine rings is 1. The molecule has 3 aromatic carbocycles. The third-order valence-corrected chi connectivity index (χ3v) is 4.39. The van der Waals surface area contributed by atoms with E-state index in [1.165, 1.54) is 27.1 Å². The minimum absolute atomic E-state index is 1.06. The van der Waals surface area contributed by atoms with Gasteiger partial charge in [0, 0.05) is 32.7 Å². The molecule has 2 heteroatoms. The van der Waals surface area contributed by atoms with E-state index in [1.807, 2.05) is 0 Å². The Kier molecular flexibility index (Phi) is 3.34. The molecule has 0 spiro atoms. The maximum absolute atomic E-state index is 3.41. The van der Waals surface area contributed by atoms with Gasteiger partial charge in [0.05, 0.1) is 0 Å². The fourth-order valence-electron chi connectivity index (χ4n) is 3.22. The van der Waals surface area contributed by atoms with Gasteiger partial charge in [-0.25, -0.2) is 0 Å². The molecule has 1 heterocycles. The van der Waals surface area contributed by atoms with Crippen LogP contribution < -0.4 is 5.32 Å². The third-order valence-electron chi connectivity index (χ3n) is 4.39. The van der Waals surface area contributed by atoms with E-state index in [0.717, 1.165) is 32.7 Å². The Morgan fingerprint density at radius 2 is 1.43 bits per heavy atom. The van der Waals surface area contributed by atoms with E-state index in [4.69, 9.17) is 0 Å². The molecule has 1 saturated heterocycles. The molecule has 0 amide bonds. The van der Waals surface area contributed by atoms with Crippen molar-refractivity contribution < 1.29 is 0 Å². The average Bonchev–Trinajstić information content (AvgIpc) is 2.54. The molecule has 0 saturated carbocycles. The second-order valence-electron chi connectivity index (χ2n) is 5.91. The van der Waals surface area contributed by atoms with Gasteiger partial charge < -0.3 is 5.32 Å². The molecule has 4 rings (SSSR count). The van der Waals surface area contributed by atoms with Crippen LogP contribution in [0, 0.1) is 0 Å². The molecule has 0 aliphatic carbocycles. The number of hydrogen-bond donors (Lipinski definition) is 1. The van der Waals surface area contributed by atoms with Crippen molar-refractivity contribution in [3.63, 3.8) is 0 Å². The van der Waals surface area contributed by atoms with Crippen molar-refractivity contribution in [2.75, 3.05) is 26.2 Å². The van der Waals surface area contributed by atoms with Crippen molar-refractivity contribution in [2.45, 2.75) is 6.54 Å². The van der Waals surface area contributed by atoms with Crippen molar-refractivity contribution >= 4 is 21.5 Å². The molecule has 0 atom stereocenters. The molecule has 1 aliphatic heterocycles. The predicted octanol–water partition coefficient (Wildman–Crippen LogP) is 3.40. The minimum Gasteiger partial charge on any atom is -0.314 e. The summed E-state index contributed by atoms with van der Waals surface area (Å²) < 4.78 is 0. The first-order valence-corrected chi connectivity index (χ1v) is 7.73. The molecule has 2 nitrogen and oxygen atoms in total. The topological polar surface area (TPSA) is 15.3 Å². The van der Waals surface area contributed by atoms with Crippen LogP contribution >= 0.6 is 0 Å². The monoisotopic (exact) mass is 276 g/mol. The van der Waals surface area contributed by atoms with Crippen molar-refractivity contribution in [3.05, 3.63) is 60.2 Å². The van der Waals surface area contributed by atoms with Crippen LogP contribution in [0.3, 0.4) is 0 Å². The number of hydrogen-bond acceptors (Lipinski definition) is 2. The highest BCUT2D eigenvalue weighted by molar-refractivity contribution is 5.98. The fourth-order valence-corrected chi connectivity index (χ4v) is 3.22. The second kappa shape index (κ2) is 5.47. The van der Waals surface area contributed by atoms with Gasteiger partial charge in [-0.1, -0.05) is 36.4 Å². The van der Waals surface area contributed by atoms with E-state index in [0.29, 0.717) is 0 Å². The van der Waals surface area contributed by atoms with Crippen molar-refractivity contribution in [2.24, 2.45) is 0 Å². The molecular weight excluding hydrogens is 256 g/mol. The predicted molar refractivity (Wildman–Crippen MR) is 89.6 cm³/mol. The van der Waals surface area contributed by atoms with Crippen LogP contribution in [0.5, 0.6) is 0 Å². The zero-order valence-electron chi connectivity index (χ0n) is 12.2. The summed E-state index contributed by atoms with van der Waals surface area (Å²) in [4.78, 5) is 2.53. The molecule has 21 heavy (non-hydrogen) atoms. The lowest BCUT2D eigenvalue weighted by molar-refractivity contribution is 0.233. The van der Waals surface area contributed by atoms with Crippen molar-refractivity contribution in [1.82, 2.24) is 10.2 Å². The fraction of sp³-hybridized carbons (Fsp3) is 0.263. The zero-order chi connectivity index (χ0) is 14.1. The normalized spacial score (nSPS) is 16.6. The van der Waals surface area contributed by atoms with Crippen LogP contribution in [0.2, 0.25) is 0 Å². The number of benzene rings is 3. The van der Waals surface area contributed by atoms with E-state index >= 15 is 0 Å². The smallest absolute Gasteiger partial charge is 0.0235 e. The first-order valence-electron chi connectivity index (χ1n) is 7.73. The van der Waals surface area contributed by atoms with Crippen LogP contribution in [0.4, 0.5) is 0 Å². The summed E-state index contributed by atoms with van der Waals surface area (Å²) >= 11 is 0. The Morgan fingerprint density at radius 1 is 0.762 bits per heavy atom. The SMILES string of the molecule is c1ccc2cc3cc(CN4CCNCC4)ccc3cc2c1. The molecule has 1 fully saturated rings. The summed E-state index contributed by atoms with van der Waals surface area (Å²) in [7, 11) is 0. The van der Waals surface area contributed by atoms with Crippen LogP contribution in [0.15, 0.2) is 54.6 Å². The molecule has 0 unspecified atom stereocenters. The van der Waals surface area contributed by atoms with Gasteiger partial charge >= 0.3 is 0 Å². The largest absolute Gasteiger partial charge is 0.314 e. The maximum atomic E-state index is 3.41. The van der Waals surface area contributed by atoms with Crippen molar-refractivity contribution in [3.8, 4) is 0 Å². The van der Waals surface area contributed by atoms with E-state index in [-0.39, 0.29) is 0 Å². The lowest BCUT2D eigenvalue weighted by Gasteiger charge is -2.27. The average molecular weight is 276 g/mol. The highest BCUT2D eigenvalue weighted by atomic mass is 15.2. The lowest BCUT2D eigenvalue weighted by Crippen LogP contribution is -2.42. The lowest BCUT2D eigenvalue weighted by atomic mass is 10.0. The van der Waals surface area contributed by atoms with Crippen LogP contribution in [-0.2, 0) is 6.54 Å². The molecule has 1 N–H and O–H groups in total. The first kappa shape index (κ1) is 12.8. The van der Waals surface area contributed by atoms with E-state index in [1.54, 1.807) is 0 Å². The standard InChI is InChI=1S/C19H20N2/c1-2-4-17-13-19-11-15(14-21-9-7-20-8-10-21)5-6-18(19)12-16(17)3-1/h1-6,11-13,20H,7-10,14H2. The van der Waals surface area contributed by atoms with Gasteiger partial charge in [0.2, 0.25) is 0 Å². The second-order valence-corrected chi connectivity index (χ2v) is 5.91. The Labute approximate surface area is 125 Å². The van der Waals surface area contributed by atoms with E-state index in [9.17, 15) is 0 Å². The van der Waals surface area contributed by atoms with Gasteiger partial charge in [-0.15, -0.1) is 0 Å². The van der Waals surface area contributed by atoms with E-state index in [2.05, 4.69) is 64.8 Å². The third kappa shape index (κ3) is 2.65. The highest BCUT2D eigenvalue weighted by Gasteiger charge is 2.10. The summed E-state index contributed by atoms with van der Waals surface area (Å²) in [5, 5.41) is 8.73. The maximum Gasteiger partial charge on any atom is 0.0235 e. The first-order chi connectivity index (χ1) is 10.4. The Hall–Kier alpha value is -1.90. The Balaban J connectivity index is 1.69. The quantitative estimate of drug-likeness (QED) is 0.722. The Bertz CT molecular complexity index is 773. The molecule has 106 valence electrons. The van der Waals surface area contributed by atoms with Gasteiger partial charge in [-0.05, 0) is 45.3 Å². The Morgan fingerprint density at radius 3 is 2.19 bits per heavy atom. The van der Waals surface area contributed by atoms with Gasteiger partial charge in [-0.2, -0.15) is 0 Å². The number of nitrogens with one attached hydrogen (secondary N) is 1. The minimum atomic E-state index is 1.06. The molecule has 0 radical (unpaired) electrons. The van der Waals surface area contributed by atoms with Crippen LogP contribution in [-0.4, -0.2) is 31.1 Å². The summed E-state index contributed by atoms with van der Waals surface area (Å²) in [5.41, 5.74) is 1.42. The number of rotatable bonds is 2. The molecular formula is C19H20N2. The van der Waals surface area contributed by atoms with Crippen molar-refractivity contribution in [1.29, 1.82) is 0 Å². The summed E-state index contributed by atoms with van der Waals surface area (Å²) in [5.74, 6) is 0. The molecule has 1 aliphatic rings. The summed E-state index contributed by atoms with van der Waals surface area (Å²) in [6.45, 7) is 5.58. The number of nitrogens with zero attached hydrogens (tertiary/aromatic N) is 1. The summed E-state index contributed by atoms with van der Waals surface area (Å²) in [6, 6.07) is 20.1. The number of fused-ring (bicyclic) bond motifs is 2. The van der Waals surface area contributed by atoms with Crippen LogP contribution in [0.25, 0.3) is 21.5 Å². The molecule has 0 bridgehead atoms. The highest BCUT2D eigenvalue weighted by Crippen LogP contribution is 2.24.